The molecule has 0 saturated carbocycles. The number of amides is 1. The minimum Gasteiger partial charge on any atom is -0.347 e. The van der Waals surface area contributed by atoms with E-state index >= 15 is 0 Å². The highest BCUT2D eigenvalue weighted by molar-refractivity contribution is 7.88. The van der Waals surface area contributed by atoms with E-state index in [9.17, 15) is 13.2 Å². The van der Waals surface area contributed by atoms with Gasteiger partial charge in [0.2, 0.25) is 15.9 Å². The second-order valence-corrected chi connectivity index (χ2v) is 7.73. The molecule has 0 spiro atoms. The monoisotopic (exact) mass is 325 g/mol. The Labute approximate surface area is 132 Å². The molecule has 1 aromatic rings. The van der Waals surface area contributed by atoms with Crippen LogP contribution in [0.15, 0.2) is 30.3 Å². The Kier molecular flexibility index (Phi) is 5.20. The maximum Gasteiger partial charge on any atom is 0.244 e. The van der Waals surface area contributed by atoms with Crippen molar-refractivity contribution in [3.8, 4) is 0 Å². The molecule has 1 aliphatic rings. The first-order valence-corrected chi connectivity index (χ1v) is 9.11. The number of rotatable bonds is 4. The topological polar surface area (TPSA) is 60.9 Å². The number of carbonyl (C=O) groups is 1. The molecule has 0 radical (unpaired) electrons. The fourth-order valence-corrected chi connectivity index (χ4v) is 3.51. The standard InChI is InChI=1S/C15H23N3O3S/c1-16(2)15(19)14(13-7-5-4-6-8-13)17-9-11-18(12-10-17)22(3,20)21/h4-8,14H,9-12H2,1-3H3/t14-/m1/s1. The summed E-state index contributed by atoms with van der Waals surface area (Å²) >= 11 is 0. The van der Waals surface area contributed by atoms with Gasteiger partial charge >= 0.3 is 0 Å². The summed E-state index contributed by atoms with van der Waals surface area (Å²) in [4.78, 5) is 16.2. The van der Waals surface area contributed by atoms with Gasteiger partial charge in [-0.3, -0.25) is 9.69 Å². The molecule has 1 aromatic carbocycles. The molecular weight excluding hydrogens is 302 g/mol. The van der Waals surface area contributed by atoms with Crippen molar-refractivity contribution in [3.05, 3.63) is 35.9 Å². The molecule has 0 unspecified atom stereocenters. The third-order valence-corrected chi connectivity index (χ3v) is 5.20. The second-order valence-electron chi connectivity index (χ2n) is 5.74. The van der Waals surface area contributed by atoms with Crippen LogP contribution in [0.25, 0.3) is 0 Å². The van der Waals surface area contributed by atoms with Gasteiger partial charge in [0.1, 0.15) is 6.04 Å². The lowest BCUT2D eigenvalue weighted by Crippen LogP contribution is -2.52. The number of benzene rings is 1. The van der Waals surface area contributed by atoms with Crippen molar-refractivity contribution >= 4 is 15.9 Å². The molecule has 6 nitrogen and oxygen atoms in total. The van der Waals surface area contributed by atoms with E-state index in [1.165, 1.54) is 10.6 Å². The number of piperazine rings is 1. The summed E-state index contributed by atoms with van der Waals surface area (Å²) < 4.78 is 24.7. The van der Waals surface area contributed by atoms with Gasteiger partial charge < -0.3 is 4.90 Å². The third kappa shape index (κ3) is 3.85. The van der Waals surface area contributed by atoms with Crippen LogP contribution >= 0.6 is 0 Å². The van der Waals surface area contributed by atoms with Crippen molar-refractivity contribution in [1.82, 2.24) is 14.1 Å². The van der Waals surface area contributed by atoms with Gasteiger partial charge in [-0.05, 0) is 5.56 Å². The third-order valence-electron chi connectivity index (χ3n) is 3.90. The molecule has 7 heteroatoms. The summed E-state index contributed by atoms with van der Waals surface area (Å²) in [6.07, 6.45) is 1.22. The Morgan fingerprint density at radius 3 is 2.09 bits per heavy atom. The lowest BCUT2D eigenvalue weighted by atomic mass is 10.0. The molecule has 1 fully saturated rings. The highest BCUT2D eigenvalue weighted by Crippen LogP contribution is 2.24. The summed E-state index contributed by atoms with van der Waals surface area (Å²) in [5.74, 6) is 0.0130. The molecule has 0 aliphatic carbocycles. The quantitative estimate of drug-likeness (QED) is 0.804. The van der Waals surface area contributed by atoms with Crippen molar-refractivity contribution in [2.24, 2.45) is 0 Å². The Balaban J connectivity index is 2.20. The normalized spacial score (nSPS) is 18.9. The summed E-state index contributed by atoms with van der Waals surface area (Å²) in [6.45, 7) is 1.93. The molecule has 0 aromatic heterocycles. The van der Waals surface area contributed by atoms with Gasteiger partial charge in [0.05, 0.1) is 6.26 Å². The highest BCUT2D eigenvalue weighted by Gasteiger charge is 2.33. The first-order chi connectivity index (χ1) is 10.3. The zero-order valence-electron chi connectivity index (χ0n) is 13.3. The van der Waals surface area contributed by atoms with Gasteiger partial charge in [0, 0.05) is 40.3 Å². The van der Waals surface area contributed by atoms with Gasteiger partial charge in [-0.25, -0.2) is 8.42 Å². The number of sulfonamides is 1. The van der Waals surface area contributed by atoms with Gasteiger partial charge in [0.15, 0.2) is 0 Å². The fourth-order valence-electron chi connectivity index (χ4n) is 2.68. The molecule has 1 saturated heterocycles. The van der Waals surface area contributed by atoms with Crippen LogP contribution in [0.3, 0.4) is 0 Å². The van der Waals surface area contributed by atoms with Crippen LogP contribution in [-0.2, 0) is 14.8 Å². The van der Waals surface area contributed by atoms with Gasteiger partial charge in [-0.15, -0.1) is 0 Å². The average molecular weight is 325 g/mol. The highest BCUT2D eigenvalue weighted by atomic mass is 32.2. The molecule has 0 N–H and O–H groups in total. The summed E-state index contributed by atoms with van der Waals surface area (Å²) in [7, 11) is 0.317. The van der Waals surface area contributed by atoms with Crippen LogP contribution in [0, 0.1) is 0 Å². The summed E-state index contributed by atoms with van der Waals surface area (Å²) in [5.41, 5.74) is 0.939. The van der Waals surface area contributed by atoms with Crippen molar-refractivity contribution in [2.75, 3.05) is 46.5 Å². The zero-order valence-corrected chi connectivity index (χ0v) is 14.1. The van der Waals surface area contributed by atoms with E-state index in [0.717, 1.165) is 5.56 Å². The van der Waals surface area contributed by atoms with E-state index in [1.54, 1.807) is 19.0 Å². The van der Waals surface area contributed by atoms with E-state index < -0.39 is 10.0 Å². The van der Waals surface area contributed by atoms with Crippen LogP contribution in [0.1, 0.15) is 11.6 Å². The van der Waals surface area contributed by atoms with Crippen LogP contribution in [0.4, 0.5) is 0 Å². The lowest BCUT2D eigenvalue weighted by Gasteiger charge is -2.38. The van der Waals surface area contributed by atoms with E-state index in [4.69, 9.17) is 0 Å². The molecule has 1 heterocycles. The average Bonchev–Trinajstić information content (AvgIpc) is 2.48. The van der Waals surface area contributed by atoms with E-state index in [2.05, 4.69) is 4.90 Å². The predicted molar refractivity (Wildman–Crippen MR) is 85.9 cm³/mol. The maximum absolute atomic E-state index is 12.6. The van der Waals surface area contributed by atoms with Crippen molar-refractivity contribution in [2.45, 2.75) is 6.04 Å². The molecule has 2 rings (SSSR count). The maximum atomic E-state index is 12.6. The molecule has 122 valence electrons. The Hall–Kier alpha value is -1.44. The number of carbonyl (C=O) groups excluding carboxylic acids is 1. The van der Waals surface area contributed by atoms with Gasteiger partial charge in [-0.2, -0.15) is 4.31 Å². The molecule has 1 atom stereocenters. The van der Waals surface area contributed by atoms with E-state index in [0.29, 0.717) is 26.2 Å². The Morgan fingerprint density at radius 1 is 1.09 bits per heavy atom. The zero-order chi connectivity index (χ0) is 16.3. The van der Waals surface area contributed by atoms with Crippen LogP contribution in [0.5, 0.6) is 0 Å². The second kappa shape index (κ2) is 6.76. The largest absolute Gasteiger partial charge is 0.347 e. The smallest absolute Gasteiger partial charge is 0.244 e. The van der Waals surface area contributed by atoms with E-state index in [-0.39, 0.29) is 11.9 Å². The Bertz CT molecular complexity index is 608. The number of hydrogen-bond donors (Lipinski definition) is 0. The van der Waals surface area contributed by atoms with Crippen LogP contribution < -0.4 is 0 Å². The minimum atomic E-state index is -3.16. The summed E-state index contributed by atoms with van der Waals surface area (Å²) in [6, 6.07) is 9.26. The lowest BCUT2D eigenvalue weighted by molar-refractivity contribution is -0.135. The van der Waals surface area contributed by atoms with Crippen LogP contribution in [0.2, 0.25) is 0 Å². The number of likely N-dealkylation sites (N-methyl/N-ethyl adjacent to an activating group) is 1. The van der Waals surface area contributed by atoms with Crippen molar-refractivity contribution in [1.29, 1.82) is 0 Å². The van der Waals surface area contributed by atoms with Crippen molar-refractivity contribution < 1.29 is 13.2 Å². The SMILES string of the molecule is CN(C)C(=O)[C@@H](c1ccccc1)N1CCN(S(C)(=O)=O)CC1. The first-order valence-electron chi connectivity index (χ1n) is 7.26. The van der Waals surface area contributed by atoms with E-state index in [1.807, 2.05) is 30.3 Å². The number of nitrogens with zero attached hydrogens (tertiary/aromatic N) is 3. The molecular formula is C15H23N3O3S. The molecule has 1 aliphatic heterocycles. The number of hydrogen-bond acceptors (Lipinski definition) is 4. The minimum absolute atomic E-state index is 0.0130. The summed E-state index contributed by atoms with van der Waals surface area (Å²) in [5, 5.41) is 0. The molecule has 1 amide bonds. The fraction of sp³-hybridized carbons (Fsp3) is 0.533. The molecule has 0 bridgehead atoms. The van der Waals surface area contributed by atoms with Gasteiger partial charge in [0.25, 0.3) is 0 Å². The van der Waals surface area contributed by atoms with Gasteiger partial charge in [-0.1, -0.05) is 30.3 Å². The molecule has 22 heavy (non-hydrogen) atoms. The predicted octanol–water partition coefficient (Wildman–Crippen LogP) is 0.393. The first kappa shape index (κ1) is 16.9. The van der Waals surface area contributed by atoms with Crippen molar-refractivity contribution in [3.63, 3.8) is 0 Å². The Morgan fingerprint density at radius 2 is 1.64 bits per heavy atom. The van der Waals surface area contributed by atoms with Crippen LogP contribution in [-0.4, -0.2) is 75.0 Å².